The zero-order valence-electron chi connectivity index (χ0n) is 71.5. The van der Waals surface area contributed by atoms with Gasteiger partial charge in [-0.1, -0.05) is 251 Å². The Morgan fingerprint density at radius 3 is 0.938 bits per heavy atom. The van der Waals surface area contributed by atoms with E-state index in [9.17, 15) is 28.8 Å². The molecule has 0 spiro atoms. The van der Waals surface area contributed by atoms with E-state index in [-0.39, 0.29) is 41.1 Å². The molecule has 0 heterocycles. The van der Waals surface area contributed by atoms with Crippen molar-refractivity contribution in [3.05, 3.63) is 466 Å². The maximum Gasteiger partial charge on any atom is 0.339 e. The molecule has 0 bridgehead atoms. The van der Waals surface area contributed by atoms with Crippen molar-refractivity contribution in [3.63, 3.8) is 0 Å². The molecular formula is C116H86O12. The Morgan fingerprint density at radius 1 is 0.258 bits per heavy atom. The second-order valence-corrected chi connectivity index (χ2v) is 34.6. The number of benzene rings is 16. The van der Waals surface area contributed by atoms with Crippen molar-refractivity contribution < 1.29 is 57.2 Å². The fraction of sp³-hybridized carbons (Fsp3) is 0.103. The Balaban J connectivity index is 0.614. The minimum atomic E-state index is -1.01. The maximum atomic E-state index is 14.5. The average Bonchev–Trinajstić information content (AvgIpc) is 1.52. The molecule has 128 heavy (non-hydrogen) atoms. The summed E-state index contributed by atoms with van der Waals surface area (Å²) in [5, 5.41) is 8.10. The van der Waals surface area contributed by atoms with Crippen molar-refractivity contribution in [2.24, 2.45) is 5.41 Å². The number of fused-ring (bicyclic) bond motifs is 14. The number of esters is 6. The molecule has 12 nitrogen and oxygen atoms in total. The van der Waals surface area contributed by atoms with E-state index in [0.29, 0.717) is 40.1 Å². The molecule has 19 rings (SSSR count). The monoisotopic (exact) mass is 1670 g/mol. The van der Waals surface area contributed by atoms with E-state index >= 15 is 0 Å². The lowest BCUT2D eigenvalue weighted by Crippen LogP contribution is -2.29. The summed E-state index contributed by atoms with van der Waals surface area (Å²) in [6.07, 6.45) is 0.395. The first-order chi connectivity index (χ1) is 61.7. The van der Waals surface area contributed by atoms with Crippen LogP contribution >= 0.6 is 0 Å². The van der Waals surface area contributed by atoms with Gasteiger partial charge < -0.3 is 28.4 Å². The summed E-state index contributed by atoms with van der Waals surface area (Å²) in [4.78, 5) is 80.5. The molecule has 3 aliphatic rings. The lowest BCUT2D eigenvalue weighted by Gasteiger charge is -2.34. The summed E-state index contributed by atoms with van der Waals surface area (Å²) >= 11 is 0. The van der Waals surface area contributed by atoms with Crippen LogP contribution in [0.1, 0.15) is 119 Å². The summed E-state index contributed by atoms with van der Waals surface area (Å²) in [5.74, 6) is -0.865. The third kappa shape index (κ3) is 14.1. The fourth-order valence-electron chi connectivity index (χ4n) is 19.0. The molecule has 622 valence electrons. The van der Waals surface area contributed by atoms with Crippen LogP contribution in [0.2, 0.25) is 0 Å². The van der Waals surface area contributed by atoms with Gasteiger partial charge in [0.25, 0.3) is 0 Å². The molecule has 2 atom stereocenters. The van der Waals surface area contributed by atoms with Gasteiger partial charge in [0.15, 0.2) is 0 Å². The van der Waals surface area contributed by atoms with Crippen LogP contribution in [0, 0.1) is 5.41 Å². The first kappa shape index (κ1) is 81.7. The van der Waals surface area contributed by atoms with Crippen LogP contribution in [0.5, 0.6) is 34.5 Å². The molecule has 12 heteroatoms. The van der Waals surface area contributed by atoms with Gasteiger partial charge in [-0.25, -0.2) is 24.0 Å². The summed E-state index contributed by atoms with van der Waals surface area (Å²) < 4.78 is 35.6. The van der Waals surface area contributed by atoms with Gasteiger partial charge in [-0.05, 0) is 305 Å². The molecule has 16 aromatic carbocycles. The second-order valence-electron chi connectivity index (χ2n) is 34.6. The first-order valence-corrected chi connectivity index (χ1v) is 42.4. The lowest BCUT2D eigenvalue weighted by molar-refractivity contribution is -0.143. The normalized spacial score (nSPS) is 14.7. The maximum absolute atomic E-state index is 14.5. The third-order valence-electron chi connectivity index (χ3n) is 25.1. The standard InChI is InChI=1S/C116H86O12/c1-68(2)107(117)123-88-45-33-82(34-46-88)114(101-27-19-17-25-96(101)106-94-23-15-14-20-75(94)32-57-102(106)114)83-35-51-91(52-36-83)126-110(120)72(8)59-74-29-31-79-67-105-99(64-81(79)61-74)98-62-76-21-12-13-22-77(76)65-104(98)116(105,87-43-55-93(56-44-87)128-112(122)113(9,10)11)86-41-53-92(54-42-86)127-111(121)71(7)58-73-28-30-78-66-103-97(63-80(78)60-73)95-24-16-18-26-100(95)115(103,84-37-47-89(48-38-84)124-108(118)69(3)4)85-39-49-90(50-40-85)125-109(119)70(5)6/h12-57,60-67H,1,3,5,7-8,58-59H2,2,4,6,9-11H3. The molecule has 0 radical (unpaired) electrons. The quantitative estimate of drug-likeness (QED) is 0.0381. The molecule has 0 aliphatic heterocycles. The van der Waals surface area contributed by atoms with Gasteiger partial charge in [-0.3, -0.25) is 4.79 Å². The number of carbonyl (C=O) groups excluding carboxylic acids is 6. The van der Waals surface area contributed by atoms with E-state index in [1.807, 2.05) is 185 Å². The van der Waals surface area contributed by atoms with Crippen LogP contribution in [-0.2, 0) is 57.9 Å². The molecule has 0 fully saturated rings. The SMILES string of the molecule is C=C(C)C(=O)Oc1ccc(C2(c3ccc(OC(=O)C(=C)C)cc3)c3ccccc3-c3cc4cc(CC(=C)C(=O)Oc5ccc(C6(c7ccc(OC(=O)C(C)(C)C)cc7)c7cc8ccccc8cc7-c7cc8cc(CC(=C)C(=O)Oc9ccc(C%10(c%11ccc(OC(=O)C(=C)C)cc%11)c%11ccccc%11-c%11c%10ccc%10ccccc%11%10)cc9)ccc8cc76)cc5)ccc4cc32)cc1. The molecule has 2 unspecified atom stereocenters. The van der Waals surface area contributed by atoms with Crippen LogP contribution in [0.25, 0.3) is 76.5 Å². The molecule has 0 amide bonds. The highest BCUT2D eigenvalue weighted by molar-refractivity contribution is 6.06. The van der Waals surface area contributed by atoms with Gasteiger partial charge in [-0.15, -0.1) is 0 Å². The smallest absolute Gasteiger partial charge is 0.339 e. The molecule has 0 aromatic heterocycles. The van der Waals surface area contributed by atoms with Crippen molar-refractivity contribution in [1.82, 2.24) is 0 Å². The number of carbonyl (C=O) groups is 6. The van der Waals surface area contributed by atoms with Gasteiger partial charge >= 0.3 is 35.8 Å². The Hall–Kier alpha value is -15.9. The largest absolute Gasteiger partial charge is 0.426 e. The average molecular weight is 1670 g/mol. The predicted octanol–water partition coefficient (Wildman–Crippen LogP) is 25.2. The van der Waals surface area contributed by atoms with Crippen LogP contribution in [0.15, 0.2) is 388 Å². The topological polar surface area (TPSA) is 158 Å². The Bertz CT molecular complexity index is 7380. The molecule has 0 saturated carbocycles. The van der Waals surface area contributed by atoms with E-state index in [2.05, 4.69) is 172 Å². The first-order valence-electron chi connectivity index (χ1n) is 42.4. The minimum Gasteiger partial charge on any atom is -0.426 e. The Labute approximate surface area is 741 Å². The molecule has 16 aromatic rings. The zero-order valence-corrected chi connectivity index (χ0v) is 71.5. The van der Waals surface area contributed by atoms with E-state index in [1.165, 1.54) is 0 Å². The van der Waals surface area contributed by atoms with Gasteiger partial charge in [-0.2, -0.15) is 0 Å². The summed E-state index contributed by atoms with van der Waals surface area (Å²) in [6, 6.07) is 110. The Morgan fingerprint density at radius 2 is 0.547 bits per heavy atom. The highest BCUT2D eigenvalue weighted by Gasteiger charge is 2.50. The highest BCUT2D eigenvalue weighted by Crippen LogP contribution is 2.62. The van der Waals surface area contributed by atoms with Gasteiger partial charge in [0, 0.05) is 40.7 Å². The number of hydrogen-bond donors (Lipinski definition) is 0. The summed E-state index contributed by atoms with van der Waals surface area (Å²) in [5.41, 5.74) is 17.5. The van der Waals surface area contributed by atoms with Crippen LogP contribution < -0.4 is 28.4 Å². The van der Waals surface area contributed by atoms with Gasteiger partial charge in [0.1, 0.15) is 34.5 Å². The predicted molar refractivity (Wildman–Crippen MR) is 505 cm³/mol. The molecular weight excluding hydrogens is 1590 g/mol. The van der Waals surface area contributed by atoms with Gasteiger partial charge in [0.2, 0.25) is 0 Å². The highest BCUT2D eigenvalue weighted by atomic mass is 16.6. The summed E-state index contributed by atoms with van der Waals surface area (Å²) in [6.45, 7) is 30.2. The van der Waals surface area contributed by atoms with Crippen molar-refractivity contribution in [2.75, 3.05) is 0 Å². The van der Waals surface area contributed by atoms with E-state index in [0.717, 1.165) is 154 Å². The molecule has 0 saturated heterocycles. The zero-order chi connectivity index (χ0) is 88.8. The van der Waals surface area contributed by atoms with Crippen LogP contribution in [0.3, 0.4) is 0 Å². The minimum absolute atomic E-state index is 0.193. The van der Waals surface area contributed by atoms with Crippen molar-refractivity contribution in [3.8, 4) is 67.9 Å². The Kier molecular flexibility index (Phi) is 20.4. The molecule has 0 N–H and O–H groups in total. The van der Waals surface area contributed by atoms with E-state index in [4.69, 9.17) is 28.4 Å². The van der Waals surface area contributed by atoms with E-state index < -0.39 is 51.5 Å². The van der Waals surface area contributed by atoms with E-state index in [1.54, 1.807) is 45.0 Å². The number of ether oxygens (including phenoxy) is 6. The van der Waals surface area contributed by atoms with Gasteiger partial charge in [0.05, 0.1) is 21.7 Å². The van der Waals surface area contributed by atoms with Crippen molar-refractivity contribution in [2.45, 2.75) is 70.6 Å². The van der Waals surface area contributed by atoms with Crippen LogP contribution in [0.4, 0.5) is 0 Å². The third-order valence-corrected chi connectivity index (χ3v) is 25.1. The fourth-order valence-corrected chi connectivity index (χ4v) is 19.0. The number of hydrogen-bond acceptors (Lipinski definition) is 12. The number of rotatable bonds is 21. The van der Waals surface area contributed by atoms with Crippen molar-refractivity contribution in [1.29, 1.82) is 0 Å². The second kappa shape index (κ2) is 32.0. The van der Waals surface area contributed by atoms with Crippen molar-refractivity contribution >= 4 is 78.9 Å². The molecule has 3 aliphatic carbocycles. The lowest BCUT2D eigenvalue weighted by atomic mass is 9.67. The van der Waals surface area contributed by atoms with Crippen LogP contribution in [-0.4, -0.2) is 35.8 Å². The summed E-state index contributed by atoms with van der Waals surface area (Å²) in [7, 11) is 0.